The number of hydrogen-bond acceptors (Lipinski definition) is 3. The van der Waals surface area contributed by atoms with E-state index in [1.165, 1.54) is 58.4 Å². The third-order valence-electron chi connectivity index (χ3n) is 10.1. The summed E-state index contributed by atoms with van der Waals surface area (Å²) >= 11 is 1.88. The van der Waals surface area contributed by atoms with Crippen molar-refractivity contribution >= 4 is 86.0 Å². The van der Waals surface area contributed by atoms with E-state index in [0.29, 0.717) is 0 Å². The van der Waals surface area contributed by atoms with E-state index in [9.17, 15) is 0 Å². The number of rotatable bonds is 3. The molecule has 0 amide bonds. The molecule has 49 heavy (non-hydrogen) atoms. The first-order valence-corrected chi connectivity index (χ1v) is 17.4. The number of furan rings is 2. The Bertz CT molecular complexity index is 3050. The molecule has 0 fully saturated rings. The fourth-order valence-electron chi connectivity index (χ4n) is 7.98. The molecular weight excluding hydrogens is 617 g/mol. The smallest absolute Gasteiger partial charge is 0.179 e. The molecular formula is C46H26O2S. The van der Waals surface area contributed by atoms with Crippen LogP contribution in [0.15, 0.2) is 167 Å². The lowest BCUT2D eigenvalue weighted by Gasteiger charge is -2.18. The van der Waals surface area contributed by atoms with Crippen molar-refractivity contribution in [2.45, 2.75) is 0 Å². The molecule has 0 atom stereocenters. The zero-order valence-corrected chi connectivity index (χ0v) is 27.1. The van der Waals surface area contributed by atoms with Crippen molar-refractivity contribution in [1.29, 1.82) is 0 Å². The van der Waals surface area contributed by atoms with Gasteiger partial charge in [0.1, 0.15) is 11.3 Å². The summed E-state index contributed by atoms with van der Waals surface area (Å²) in [5.41, 5.74) is 8.35. The second-order valence-corrected chi connectivity index (χ2v) is 13.8. The van der Waals surface area contributed by atoms with E-state index >= 15 is 0 Å². The third-order valence-corrected chi connectivity index (χ3v) is 11.3. The molecule has 0 aliphatic heterocycles. The Morgan fingerprint density at radius 1 is 0.408 bits per heavy atom. The summed E-state index contributed by atoms with van der Waals surface area (Å²) in [5, 5.41) is 10.7. The highest BCUT2D eigenvalue weighted by atomic mass is 32.1. The predicted molar refractivity (Wildman–Crippen MR) is 208 cm³/mol. The van der Waals surface area contributed by atoms with Crippen LogP contribution in [0.25, 0.3) is 108 Å². The highest BCUT2D eigenvalue weighted by Gasteiger charge is 2.24. The van der Waals surface area contributed by atoms with Crippen LogP contribution in [-0.2, 0) is 0 Å². The van der Waals surface area contributed by atoms with E-state index < -0.39 is 0 Å². The average molecular weight is 643 g/mol. The van der Waals surface area contributed by atoms with Crippen molar-refractivity contribution in [2.75, 3.05) is 0 Å². The Kier molecular flexibility index (Phi) is 5.57. The van der Waals surface area contributed by atoms with Gasteiger partial charge in [-0.05, 0) is 62.5 Å². The van der Waals surface area contributed by atoms with E-state index in [1.807, 2.05) is 35.6 Å². The molecule has 0 N–H and O–H groups in total. The minimum atomic E-state index is 0.774. The molecule has 3 heteroatoms. The van der Waals surface area contributed by atoms with Crippen LogP contribution in [0.4, 0.5) is 0 Å². The van der Waals surface area contributed by atoms with E-state index in [4.69, 9.17) is 8.83 Å². The SMILES string of the molecule is c1ccc(-c2cc3cc(-c4c5ccccc5c(-c5cccc6c5sc5ccccc56)c5ccccc45)c4c5ccccc5oc4c3o2)cc1. The zero-order valence-electron chi connectivity index (χ0n) is 26.2. The fourth-order valence-corrected chi connectivity index (χ4v) is 9.21. The van der Waals surface area contributed by atoms with Crippen molar-refractivity contribution in [3.8, 4) is 33.6 Å². The molecule has 3 aromatic heterocycles. The highest BCUT2D eigenvalue weighted by molar-refractivity contribution is 7.26. The standard InChI is InChI=1S/C46H26O2S/c1-2-13-27(14-3-1)39-26-28-25-37(43-35-20-8-10-23-38(35)47-45(43)44(28)48-39)42-32-18-6-4-16-30(32)41(31-17-5-7-19-33(31)42)36-22-12-21-34-29-15-9-11-24-40(29)49-46(34)36/h1-26H. The van der Waals surface area contributed by atoms with Crippen molar-refractivity contribution in [2.24, 2.45) is 0 Å². The molecule has 8 aromatic carbocycles. The lowest BCUT2D eigenvalue weighted by atomic mass is 9.84. The van der Waals surface area contributed by atoms with Gasteiger partial charge < -0.3 is 8.83 Å². The predicted octanol–water partition coefficient (Wildman–Crippen LogP) is 14.0. The van der Waals surface area contributed by atoms with Gasteiger partial charge in [0, 0.05) is 47.5 Å². The van der Waals surface area contributed by atoms with Crippen LogP contribution in [0, 0.1) is 0 Å². The maximum absolute atomic E-state index is 6.68. The topological polar surface area (TPSA) is 26.3 Å². The van der Waals surface area contributed by atoms with Gasteiger partial charge in [0.05, 0.1) is 0 Å². The molecule has 0 radical (unpaired) electrons. The summed E-state index contributed by atoms with van der Waals surface area (Å²) in [6.07, 6.45) is 0. The molecule has 0 aliphatic carbocycles. The Morgan fingerprint density at radius 3 is 1.73 bits per heavy atom. The molecule has 0 spiro atoms. The van der Waals surface area contributed by atoms with Gasteiger partial charge >= 0.3 is 0 Å². The Hall–Kier alpha value is -6.16. The quantitative estimate of drug-likeness (QED) is 0.179. The normalized spacial score (nSPS) is 12.1. The first kappa shape index (κ1) is 26.9. The van der Waals surface area contributed by atoms with E-state index in [0.717, 1.165) is 49.8 Å². The van der Waals surface area contributed by atoms with E-state index in [-0.39, 0.29) is 0 Å². The fraction of sp³-hybridized carbons (Fsp3) is 0. The molecule has 0 saturated carbocycles. The van der Waals surface area contributed by atoms with Gasteiger partial charge in [-0.25, -0.2) is 0 Å². The van der Waals surface area contributed by atoms with Gasteiger partial charge in [-0.15, -0.1) is 11.3 Å². The van der Waals surface area contributed by atoms with Crippen molar-refractivity contribution in [1.82, 2.24) is 0 Å². The molecule has 0 saturated heterocycles. The maximum atomic E-state index is 6.68. The van der Waals surface area contributed by atoms with Crippen molar-refractivity contribution in [3.63, 3.8) is 0 Å². The molecule has 2 nitrogen and oxygen atoms in total. The number of benzene rings is 8. The van der Waals surface area contributed by atoms with Gasteiger partial charge in [-0.2, -0.15) is 0 Å². The second kappa shape index (κ2) is 10.2. The summed E-state index contributed by atoms with van der Waals surface area (Å²) in [6.45, 7) is 0. The largest absolute Gasteiger partial charge is 0.452 e. The molecule has 228 valence electrons. The summed E-state index contributed by atoms with van der Waals surface area (Å²) in [7, 11) is 0. The van der Waals surface area contributed by atoms with Crippen LogP contribution < -0.4 is 0 Å². The van der Waals surface area contributed by atoms with Crippen LogP contribution in [0.3, 0.4) is 0 Å². The summed E-state index contributed by atoms with van der Waals surface area (Å²) < 4.78 is 15.9. The van der Waals surface area contributed by atoms with Crippen LogP contribution in [0.5, 0.6) is 0 Å². The minimum absolute atomic E-state index is 0.774. The maximum Gasteiger partial charge on any atom is 0.179 e. The number of para-hydroxylation sites is 1. The van der Waals surface area contributed by atoms with Gasteiger partial charge in [-0.3, -0.25) is 0 Å². The van der Waals surface area contributed by atoms with Crippen LogP contribution in [0.2, 0.25) is 0 Å². The third kappa shape index (κ3) is 3.82. The van der Waals surface area contributed by atoms with E-state index in [1.54, 1.807) is 0 Å². The Balaban J connectivity index is 1.30. The van der Waals surface area contributed by atoms with Gasteiger partial charge in [0.25, 0.3) is 0 Å². The number of fused-ring (bicyclic) bond motifs is 10. The minimum Gasteiger partial charge on any atom is -0.452 e. The highest BCUT2D eigenvalue weighted by Crippen LogP contribution is 2.51. The Morgan fingerprint density at radius 2 is 1.00 bits per heavy atom. The second-order valence-electron chi connectivity index (χ2n) is 12.7. The summed E-state index contributed by atoms with van der Waals surface area (Å²) in [4.78, 5) is 0. The molecule has 11 rings (SSSR count). The van der Waals surface area contributed by atoms with Gasteiger partial charge in [-0.1, -0.05) is 133 Å². The summed E-state index contributed by atoms with van der Waals surface area (Å²) in [6, 6.07) is 56.5. The van der Waals surface area contributed by atoms with Crippen LogP contribution in [0.1, 0.15) is 0 Å². The summed E-state index contributed by atoms with van der Waals surface area (Å²) in [5.74, 6) is 0.830. The molecule has 11 aromatic rings. The number of thiophene rings is 1. The average Bonchev–Trinajstić information content (AvgIpc) is 3.88. The van der Waals surface area contributed by atoms with E-state index in [2.05, 4.69) is 133 Å². The lowest BCUT2D eigenvalue weighted by molar-refractivity contribution is 0.611. The van der Waals surface area contributed by atoms with Crippen molar-refractivity contribution in [3.05, 3.63) is 158 Å². The Labute approximate surface area is 285 Å². The van der Waals surface area contributed by atoms with Crippen molar-refractivity contribution < 1.29 is 8.83 Å². The molecule has 0 aliphatic rings. The lowest BCUT2D eigenvalue weighted by Crippen LogP contribution is -1.91. The first-order chi connectivity index (χ1) is 24.3. The monoisotopic (exact) mass is 642 g/mol. The van der Waals surface area contributed by atoms with Crippen LogP contribution >= 0.6 is 11.3 Å². The molecule has 0 bridgehead atoms. The first-order valence-electron chi connectivity index (χ1n) is 16.6. The molecule has 0 unspecified atom stereocenters. The van der Waals surface area contributed by atoms with Gasteiger partial charge in [0.2, 0.25) is 0 Å². The van der Waals surface area contributed by atoms with Crippen LogP contribution in [-0.4, -0.2) is 0 Å². The zero-order chi connectivity index (χ0) is 32.1. The number of hydrogen-bond donors (Lipinski definition) is 0. The molecule has 3 heterocycles. The van der Waals surface area contributed by atoms with Gasteiger partial charge in [0.15, 0.2) is 11.2 Å².